The molecule has 0 spiro atoms. The maximum atomic E-state index is 11.9. The van der Waals surface area contributed by atoms with Crippen LogP contribution in [0.4, 0.5) is 0 Å². The third-order valence-electron chi connectivity index (χ3n) is 4.29. The molecule has 7 heteroatoms. The summed E-state index contributed by atoms with van der Waals surface area (Å²) in [7, 11) is 0. The number of primary amides is 1. The number of carbonyl (C=O) groups excluding carboxylic acids is 1. The quantitative estimate of drug-likeness (QED) is 0.882. The molecule has 2 heterocycles. The SMILES string of the molecule is NC(=O)C1CCN(Cc2cc(=O)[nH]c(-c3ccc(Cl)cc3)n2)CC1. The van der Waals surface area contributed by atoms with Crippen LogP contribution in [0.25, 0.3) is 11.4 Å². The molecule has 0 bridgehead atoms. The first kappa shape index (κ1) is 16.7. The standard InChI is InChI=1S/C17H19ClN4O2/c18-13-3-1-12(2-4-13)17-20-14(9-15(23)21-17)10-22-7-5-11(6-8-22)16(19)24/h1-4,9,11H,5-8,10H2,(H2,19,24)(H,20,21,23). The van der Waals surface area contributed by atoms with E-state index in [1.54, 1.807) is 12.1 Å². The molecule has 0 atom stereocenters. The molecule has 1 amide bonds. The zero-order valence-corrected chi connectivity index (χ0v) is 13.9. The second kappa shape index (κ2) is 7.15. The summed E-state index contributed by atoms with van der Waals surface area (Å²) in [5, 5.41) is 0.634. The molecule has 0 unspecified atom stereocenters. The van der Waals surface area contributed by atoms with Gasteiger partial charge in [0.15, 0.2) is 0 Å². The first-order chi connectivity index (χ1) is 11.5. The van der Waals surface area contributed by atoms with Gasteiger partial charge in [-0.15, -0.1) is 0 Å². The van der Waals surface area contributed by atoms with Gasteiger partial charge >= 0.3 is 0 Å². The molecule has 1 fully saturated rings. The number of nitrogens with two attached hydrogens (primary N) is 1. The minimum absolute atomic E-state index is 0.0435. The van der Waals surface area contributed by atoms with Crippen LogP contribution in [0, 0.1) is 5.92 Å². The van der Waals surface area contributed by atoms with Crippen molar-refractivity contribution >= 4 is 17.5 Å². The van der Waals surface area contributed by atoms with E-state index in [9.17, 15) is 9.59 Å². The number of likely N-dealkylation sites (tertiary alicyclic amines) is 1. The van der Waals surface area contributed by atoms with Crippen molar-refractivity contribution in [2.45, 2.75) is 19.4 Å². The van der Waals surface area contributed by atoms with Crippen LogP contribution in [0.1, 0.15) is 18.5 Å². The molecule has 2 aromatic rings. The fourth-order valence-corrected chi connectivity index (χ4v) is 3.06. The topological polar surface area (TPSA) is 92.1 Å². The van der Waals surface area contributed by atoms with Gasteiger partial charge < -0.3 is 10.7 Å². The van der Waals surface area contributed by atoms with Gasteiger partial charge in [-0.3, -0.25) is 14.5 Å². The number of aromatic amines is 1. The maximum absolute atomic E-state index is 11.9. The zero-order valence-electron chi connectivity index (χ0n) is 13.2. The second-order valence-electron chi connectivity index (χ2n) is 6.05. The largest absolute Gasteiger partial charge is 0.369 e. The summed E-state index contributed by atoms with van der Waals surface area (Å²) < 4.78 is 0. The molecule has 1 saturated heterocycles. The van der Waals surface area contributed by atoms with Crippen LogP contribution in [0.15, 0.2) is 35.1 Å². The Balaban J connectivity index is 1.74. The molecular formula is C17H19ClN4O2. The van der Waals surface area contributed by atoms with E-state index < -0.39 is 0 Å². The minimum Gasteiger partial charge on any atom is -0.369 e. The highest BCUT2D eigenvalue weighted by Crippen LogP contribution is 2.20. The maximum Gasteiger partial charge on any atom is 0.251 e. The monoisotopic (exact) mass is 346 g/mol. The van der Waals surface area contributed by atoms with Crippen LogP contribution < -0.4 is 11.3 Å². The van der Waals surface area contributed by atoms with Crippen LogP contribution >= 0.6 is 11.6 Å². The van der Waals surface area contributed by atoms with Gasteiger partial charge in [0.1, 0.15) is 5.82 Å². The Morgan fingerprint density at radius 2 is 1.96 bits per heavy atom. The number of piperidine rings is 1. The van der Waals surface area contributed by atoms with Gasteiger partial charge in [-0.05, 0) is 50.2 Å². The van der Waals surface area contributed by atoms with Gasteiger partial charge in [-0.1, -0.05) is 11.6 Å². The Bertz CT molecular complexity index is 780. The van der Waals surface area contributed by atoms with Gasteiger partial charge in [0.05, 0.1) is 5.69 Å². The summed E-state index contributed by atoms with van der Waals surface area (Å²) in [6.07, 6.45) is 1.51. The van der Waals surface area contributed by atoms with E-state index in [1.807, 2.05) is 12.1 Å². The highest BCUT2D eigenvalue weighted by molar-refractivity contribution is 6.30. The minimum atomic E-state index is -0.228. The van der Waals surface area contributed by atoms with Crippen LogP contribution in [0.2, 0.25) is 5.02 Å². The van der Waals surface area contributed by atoms with Crippen molar-refractivity contribution in [3.8, 4) is 11.4 Å². The van der Waals surface area contributed by atoms with E-state index in [0.717, 1.165) is 31.5 Å². The molecule has 0 saturated carbocycles. The number of aromatic nitrogens is 2. The molecule has 1 aliphatic rings. The van der Waals surface area contributed by atoms with Crippen LogP contribution in [-0.2, 0) is 11.3 Å². The highest BCUT2D eigenvalue weighted by atomic mass is 35.5. The van der Waals surface area contributed by atoms with Crippen molar-refractivity contribution in [2.24, 2.45) is 11.7 Å². The van der Waals surface area contributed by atoms with Crippen molar-refractivity contribution in [3.63, 3.8) is 0 Å². The number of halogens is 1. The molecule has 0 aliphatic carbocycles. The number of nitrogens with zero attached hydrogens (tertiary/aromatic N) is 2. The lowest BCUT2D eigenvalue weighted by molar-refractivity contribution is -0.123. The molecule has 24 heavy (non-hydrogen) atoms. The smallest absolute Gasteiger partial charge is 0.251 e. The third kappa shape index (κ3) is 4.01. The fraction of sp³-hybridized carbons (Fsp3) is 0.353. The molecule has 3 N–H and O–H groups in total. The second-order valence-corrected chi connectivity index (χ2v) is 6.48. The van der Waals surface area contributed by atoms with E-state index in [4.69, 9.17) is 17.3 Å². The van der Waals surface area contributed by atoms with Crippen molar-refractivity contribution < 1.29 is 4.79 Å². The molecule has 3 rings (SSSR count). The molecule has 1 aromatic heterocycles. The first-order valence-corrected chi connectivity index (χ1v) is 8.27. The Hall–Kier alpha value is -2.18. The lowest BCUT2D eigenvalue weighted by Crippen LogP contribution is -2.38. The summed E-state index contributed by atoms with van der Waals surface area (Å²) in [5.41, 5.74) is 6.69. The number of hydrogen-bond donors (Lipinski definition) is 2. The Kier molecular flexibility index (Phi) is 4.97. The normalized spacial score (nSPS) is 16.2. The first-order valence-electron chi connectivity index (χ1n) is 7.89. The lowest BCUT2D eigenvalue weighted by atomic mass is 9.96. The predicted molar refractivity (Wildman–Crippen MR) is 92.5 cm³/mol. The van der Waals surface area contributed by atoms with Gasteiger partial charge in [-0.25, -0.2) is 4.98 Å². The number of carbonyl (C=O) groups is 1. The average molecular weight is 347 g/mol. The van der Waals surface area contributed by atoms with Gasteiger partial charge in [0.25, 0.3) is 5.56 Å². The Labute approximate surface area is 144 Å². The summed E-state index contributed by atoms with van der Waals surface area (Å²) in [6, 6.07) is 8.68. The van der Waals surface area contributed by atoms with E-state index >= 15 is 0 Å². The number of nitrogens with one attached hydrogen (secondary N) is 1. The van der Waals surface area contributed by atoms with E-state index in [1.165, 1.54) is 6.07 Å². The van der Waals surface area contributed by atoms with Crippen LogP contribution in [0.3, 0.4) is 0 Å². The van der Waals surface area contributed by atoms with Crippen molar-refractivity contribution in [1.82, 2.24) is 14.9 Å². The molecule has 1 aliphatic heterocycles. The zero-order chi connectivity index (χ0) is 17.1. The summed E-state index contributed by atoms with van der Waals surface area (Å²) in [5.74, 6) is 0.258. The number of rotatable bonds is 4. The van der Waals surface area contributed by atoms with Crippen molar-refractivity contribution in [1.29, 1.82) is 0 Å². The van der Waals surface area contributed by atoms with E-state index in [2.05, 4.69) is 14.9 Å². The molecule has 0 radical (unpaired) electrons. The Morgan fingerprint density at radius 3 is 2.58 bits per heavy atom. The van der Waals surface area contributed by atoms with Crippen LogP contribution in [0.5, 0.6) is 0 Å². The van der Waals surface area contributed by atoms with Crippen molar-refractivity contribution in [2.75, 3.05) is 13.1 Å². The van der Waals surface area contributed by atoms with Gasteiger partial charge in [-0.2, -0.15) is 0 Å². The van der Waals surface area contributed by atoms with E-state index in [0.29, 0.717) is 23.1 Å². The van der Waals surface area contributed by atoms with Gasteiger partial charge in [0, 0.05) is 29.1 Å². The molecule has 1 aromatic carbocycles. The number of H-pyrrole nitrogens is 1. The van der Waals surface area contributed by atoms with Gasteiger partial charge in [0.2, 0.25) is 5.91 Å². The number of hydrogen-bond acceptors (Lipinski definition) is 4. The van der Waals surface area contributed by atoms with Crippen LogP contribution in [-0.4, -0.2) is 33.9 Å². The highest BCUT2D eigenvalue weighted by Gasteiger charge is 2.23. The number of amides is 1. The lowest BCUT2D eigenvalue weighted by Gasteiger charge is -2.30. The summed E-state index contributed by atoms with van der Waals surface area (Å²) in [6.45, 7) is 2.13. The molecular weight excluding hydrogens is 328 g/mol. The Morgan fingerprint density at radius 1 is 1.29 bits per heavy atom. The van der Waals surface area contributed by atoms with Crippen molar-refractivity contribution in [3.05, 3.63) is 51.4 Å². The van der Waals surface area contributed by atoms with E-state index in [-0.39, 0.29) is 17.4 Å². The molecule has 6 nitrogen and oxygen atoms in total. The third-order valence-corrected chi connectivity index (χ3v) is 4.54. The average Bonchev–Trinajstić information content (AvgIpc) is 2.55. The predicted octanol–water partition coefficient (Wildman–Crippen LogP) is 1.79. The molecule has 126 valence electrons. The summed E-state index contributed by atoms with van der Waals surface area (Å²) >= 11 is 5.89. The summed E-state index contributed by atoms with van der Waals surface area (Å²) in [4.78, 5) is 32.6. The number of benzene rings is 1. The fourth-order valence-electron chi connectivity index (χ4n) is 2.94.